The minimum atomic E-state index is -0.995. The number of hydrogen-bond acceptors (Lipinski definition) is 4. The Bertz CT molecular complexity index is 643. The van der Waals surface area contributed by atoms with Gasteiger partial charge in [-0.1, -0.05) is 0 Å². The van der Waals surface area contributed by atoms with Crippen LogP contribution >= 0.6 is 24.4 Å². The van der Waals surface area contributed by atoms with Gasteiger partial charge in [-0.3, -0.25) is 0 Å². The van der Waals surface area contributed by atoms with Crippen molar-refractivity contribution in [2.24, 2.45) is 0 Å². The Morgan fingerprint density at radius 1 is 0.538 bits per heavy atom. The maximum absolute atomic E-state index is 10.4. The number of carbonyl (C=O) groups is 2. The largest absolute Gasteiger partial charge is 0.499 e. The number of hydrogen-bond donors (Lipinski definition) is 4. The summed E-state index contributed by atoms with van der Waals surface area (Å²) in [6.07, 6.45) is 0. The number of aliphatic hydroxyl groups excluding tert-OH is 2. The second-order valence-corrected chi connectivity index (χ2v) is 5.15. The number of aromatic carboxylic acids is 2. The van der Waals surface area contributed by atoms with E-state index in [4.69, 9.17) is 20.4 Å². The van der Waals surface area contributed by atoms with Crippen LogP contribution in [0.2, 0.25) is 0 Å². The first-order valence-electron chi connectivity index (χ1n) is 6.35. The van der Waals surface area contributed by atoms with Gasteiger partial charge in [-0.2, -0.15) is 0 Å². The first-order valence-corrected chi connectivity index (χ1v) is 7.17. The molecule has 0 aliphatic carbocycles. The molecular weight excluding hydrogens is 464 g/mol. The Morgan fingerprint density at radius 2 is 0.731 bits per heavy atom. The Kier molecular flexibility index (Phi) is 12.7. The molecule has 0 amide bonds. The van der Waals surface area contributed by atoms with E-state index in [1.807, 2.05) is 0 Å². The van der Waals surface area contributed by atoms with Crippen LogP contribution in [-0.4, -0.2) is 42.5 Å². The van der Waals surface area contributed by atoms with Gasteiger partial charge in [0.05, 0.1) is 11.1 Å². The van der Waals surface area contributed by atoms with Crippen molar-refractivity contribution in [3.63, 3.8) is 0 Å². The molecule has 0 unspecified atom stereocenters. The summed E-state index contributed by atoms with van der Waals surface area (Å²) in [6, 6.07) is 11.4. The fourth-order valence-corrected chi connectivity index (χ4v) is 1.78. The minimum Gasteiger partial charge on any atom is -0.499 e. The van der Waals surface area contributed by atoms with E-state index in [1.54, 1.807) is 0 Å². The second-order valence-electron chi connectivity index (χ2n) is 4.38. The molecule has 0 bridgehead atoms. The predicted octanol–water partition coefficient (Wildman–Crippen LogP) is 3.23. The van der Waals surface area contributed by atoms with Gasteiger partial charge in [-0.25, -0.2) is 9.59 Å². The third kappa shape index (κ3) is 8.53. The van der Waals surface area contributed by atoms with E-state index in [-0.39, 0.29) is 55.4 Å². The van der Waals surface area contributed by atoms with E-state index in [2.05, 4.69) is 24.4 Å². The van der Waals surface area contributed by atoms with Crippen molar-refractivity contribution in [2.45, 2.75) is 0 Å². The maximum Gasteiger partial charge on any atom is 0.335 e. The van der Waals surface area contributed by atoms with Crippen molar-refractivity contribution in [1.82, 2.24) is 0 Å². The maximum atomic E-state index is 10.4. The molecule has 4 N–H and O–H groups in total. The summed E-state index contributed by atoms with van der Waals surface area (Å²) in [5, 5.41) is 34.3. The predicted molar refractivity (Wildman–Crippen MR) is 95.5 cm³/mol. The monoisotopic (exact) mass is 476 g/mol. The number of thiocarbonyl (C=S) groups is 2. The Balaban J connectivity index is 0. The van der Waals surface area contributed by atoms with Crippen LogP contribution in [0.3, 0.4) is 0 Å². The molecule has 0 fully saturated rings. The summed E-state index contributed by atoms with van der Waals surface area (Å²) in [7, 11) is 0. The van der Waals surface area contributed by atoms with Crippen LogP contribution in [0.1, 0.15) is 31.8 Å². The van der Waals surface area contributed by atoms with Gasteiger partial charge >= 0.3 is 11.9 Å². The van der Waals surface area contributed by atoms with Gasteiger partial charge in [0.15, 0.2) is 10.1 Å². The van der Waals surface area contributed by atoms with E-state index < -0.39 is 11.9 Å². The number of carboxylic acid groups (broad SMARTS) is 2. The minimum absolute atomic E-state index is 0. The van der Waals surface area contributed by atoms with Gasteiger partial charge in [-0.15, -0.1) is 0 Å². The summed E-state index contributed by atoms with van der Waals surface area (Å²) in [5.74, 6) is -1.99. The smallest absolute Gasteiger partial charge is 0.335 e. The first-order chi connectivity index (χ1) is 11.2. The number of carboxylic acids is 2. The third-order valence-corrected chi connectivity index (χ3v) is 3.23. The zero-order valence-corrected chi connectivity index (χ0v) is 16.6. The van der Waals surface area contributed by atoms with Gasteiger partial charge in [0.1, 0.15) is 0 Å². The number of benzene rings is 2. The Hall–Kier alpha value is -1.80. The quantitative estimate of drug-likeness (QED) is 0.393. The first kappa shape index (κ1) is 26.4. The van der Waals surface area contributed by atoms with Gasteiger partial charge in [0.2, 0.25) is 0 Å². The van der Waals surface area contributed by atoms with Crippen LogP contribution in [0.25, 0.3) is 0 Å². The topological polar surface area (TPSA) is 115 Å². The van der Waals surface area contributed by atoms with Crippen LogP contribution in [-0.2, 0) is 34.1 Å². The van der Waals surface area contributed by atoms with Crippen LogP contribution in [0, 0.1) is 0 Å². The fourth-order valence-electron chi connectivity index (χ4n) is 1.51. The van der Waals surface area contributed by atoms with Crippen LogP contribution < -0.4 is 0 Å². The average molecular weight is 476 g/mol. The molecule has 10 heteroatoms. The molecule has 0 radical (unpaired) electrons. The van der Waals surface area contributed by atoms with Gasteiger partial charge in [0, 0.05) is 45.3 Å². The fraction of sp³-hybridized carbons (Fsp3) is 0. The summed E-state index contributed by atoms with van der Waals surface area (Å²) in [5.41, 5.74) is 1.26. The molecule has 0 aliphatic heterocycles. The summed E-state index contributed by atoms with van der Waals surface area (Å²) >= 11 is 8.96. The van der Waals surface area contributed by atoms with E-state index in [0.29, 0.717) is 11.1 Å². The van der Waals surface area contributed by atoms with Crippen molar-refractivity contribution < 1.29 is 64.2 Å². The average Bonchev–Trinajstić information content (AvgIpc) is 2.55. The SMILES string of the molecule is O=C(O)c1ccc(C(O)=S)cc1.O=C(O)c1ccc(C(O)=S)cc1.[Fe].[Fe]. The Labute approximate surface area is 180 Å². The van der Waals surface area contributed by atoms with Crippen LogP contribution in [0.5, 0.6) is 0 Å². The second kappa shape index (κ2) is 12.5. The van der Waals surface area contributed by atoms with E-state index in [0.717, 1.165) is 0 Å². The zero-order valence-electron chi connectivity index (χ0n) is 12.7. The molecule has 140 valence electrons. The molecule has 0 saturated heterocycles. The van der Waals surface area contributed by atoms with Crippen molar-refractivity contribution >= 4 is 46.5 Å². The standard InChI is InChI=1S/2C8H6O3S.2Fe/c2*9-7(10)5-1-3-6(4-2-5)8(11)12;;/h2*1-4H,(H,9,10)(H,11,12);;. The molecule has 6 nitrogen and oxygen atoms in total. The Morgan fingerprint density at radius 3 is 0.885 bits per heavy atom. The zero-order chi connectivity index (χ0) is 18.3. The summed E-state index contributed by atoms with van der Waals surface area (Å²) in [6.45, 7) is 0. The molecule has 0 heterocycles. The third-order valence-electron chi connectivity index (χ3n) is 2.76. The van der Waals surface area contributed by atoms with Gasteiger partial charge < -0.3 is 20.4 Å². The summed E-state index contributed by atoms with van der Waals surface area (Å²) < 4.78 is 0. The van der Waals surface area contributed by atoms with Crippen molar-refractivity contribution in [3.8, 4) is 0 Å². The summed E-state index contributed by atoms with van der Waals surface area (Å²) in [4.78, 5) is 20.8. The van der Waals surface area contributed by atoms with Gasteiger partial charge in [-0.05, 0) is 73.0 Å². The molecule has 2 aromatic carbocycles. The van der Waals surface area contributed by atoms with E-state index in [1.165, 1.54) is 48.5 Å². The number of rotatable bonds is 4. The normalized spacial score (nSPS) is 8.62. The van der Waals surface area contributed by atoms with E-state index in [9.17, 15) is 9.59 Å². The molecule has 0 spiro atoms. The molecule has 0 aromatic heterocycles. The molecule has 2 rings (SSSR count). The van der Waals surface area contributed by atoms with Crippen LogP contribution in [0.15, 0.2) is 48.5 Å². The van der Waals surface area contributed by atoms with Crippen molar-refractivity contribution in [3.05, 3.63) is 70.8 Å². The molecule has 2 aromatic rings. The molecule has 0 atom stereocenters. The van der Waals surface area contributed by atoms with Crippen LogP contribution in [0.4, 0.5) is 0 Å². The van der Waals surface area contributed by atoms with E-state index >= 15 is 0 Å². The van der Waals surface area contributed by atoms with Gasteiger partial charge in [0.25, 0.3) is 0 Å². The van der Waals surface area contributed by atoms with Crippen molar-refractivity contribution in [2.75, 3.05) is 0 Å². The molecule has 0 aliphatic rings. The van der Waals surface area contributed by atoms with Crippen molar-refractivity contribution in [1.29, 1.82) is 0 Å². The molecular formula is C16H12Fe2O6S2. The number of aliphatic hydroxyl groups is 2. The molecule has 0 saturated carbocycles. The molecule has 26 heavy (non-hydrogen) atoms.